The number of benzene rings is 1. The van der Waals surface area contributed by atoms with Crippen LogP contribution in [-0.4, -0.2) is 47.4 Å². The number of hydrogen-bond donors (Lipinski definition) is 2. The molecule has 0 aromatic heterocycles. The number of nitrogens with one attached hydrogen (secondary N) is 2. The van der Waals surface area contributed by atoms with E-state index in [9.17, 15) is 19.2 Å². The predicted octanol–water partition coefficient (Wildman–Crippen LogP) is 1.85. The molecule has 1 atom stereocenters. The van der Waals surface area contributed by atoms with Crippen molar-refractivity contribution in [3.05, 3.63) is 28.8 Å². The summed E-state index contributed by atoms with van der Waals surface area (Å²) in [6, 6.07) is 4.33. The first-order valence-electron chi connectivity index (χ1n) is 8.02. The molecule has 2 N–H and O–H groups in total. The average molecular weight is 382 g/mol. The minimum atomic E-state index is -1.03. The van der Waals surface area contributed by atoms with Crippen molar-refractivity contribution in [3.63, 3.8) is 0 Å². The Balaban J connectivity index is 1.85. The maximum Gasteiger partial charge on any atom is 0.326 e. The molecule has 1 aromatic carbocycles. The molecule has 2 rings (SSSR count). The number of carbonyl (C=O) groups excluding carboxylic acids is 4. The number of urea groups is 1. The SMILES string of the molecule is CCC1(C)NC(=O)N(CC(=O)OCC(=O)Nc2ccc(C)c(Cl)c2)C1=O. The van der Waals surface area contributed by atoms with E-state index in [0.29, 0.717) is 17.1 Å². The summed E-state index contributed by atoms with van der Waals surface area (Å²) in [5.74, 6) is -1.92. The van der Waals surface area contributed by atoms with E-state index in [2.05, 4.69) is 10.6 Å². The molecule has 0 bridgehead atoms. The van der Waals surface area contributed by atoms with Gasteiger partial charge in [-0.1, -0.05) is 24.6 Å². The van der Waals surface area contributed by atoms with Gasteiger partial charge in [-0.2, -0.15) is 0 Å². The second kappa shape index (κ2) is 7.74. The lowest BCUT2D eigenvalue weighted by molar-refractivity contribution is -0.150. The molecule has 1 fully saturated rings. The standard InChI is InChI=1S/C17H20ClN3O5/c1-4-17(3)15(24)21(16(25)20-17)8-14(23)26-9-13(22)19-11-6-5-10(2)12(18)7-11/h5-7H,4,8-9H2,1-3H3,(H,19,22)(H,20,25). The van der Waals surface area contributed by atoms with Crippen molar-refractivity contribution < 1.29 is 23.9 Å². The van der Waals surface area contributed by atoms with Gasteiger partial charge in [0.25, 0.3) is 11.8 Å². The molecule has 4 amide bonds. The fourth-order valence-corrected chi connectivity index (χ4v) is 2.50. The lowest BCUT2D eigenvalue weighted by atomic mass is 9.99. The molecular formula is C17H20ClN3O5. The van der Waals surface area contributed by atoms with E-state index in [1.165, 1.54) is 0 Å². The number of rotatable bonds is 6. The van der Waals surface area contributed by atoms with Crippen LogP contribution >= 0.6 is 11.6 Å². The molecule has 1 heterocycles. The highest BCUT2D eigenvalue weighted by molar-refractivity contribution is 6.31. The zero-order valence-electron chi connectivity index (χ0n) is 14.7. The zero-order valence-corrected chi connectivity index (χ0v) is 15.5. The van der Waals surface area contributed by atoms with Gasteiger partial charge in [0.2, 0.25) is 0 Å². The quantitative estimate of drug-likeness (QED) is 0.578. The lowest BCUT2D eigenvalue weighted by Gasteiger charge is -2.18. The third-order valence-corrected chi connectivity index (χ3v) is 4.57. The predicted molar refractivity (Wildman–Crippen MR) is 94.7 cm³/mol. The smallest absolute Gasteiger partial charge is 0.326 e. The Morgan fingerprint density at radius 1 is 1.35 bits per heavy atom. The largest absolute Gasteiger partial charge is 0.454 e. The molecular weight excluding hydrogens is 362 g/mol. The molecule has 1 aromatic rings. The molecule has 8 nitrogen and oxygen atoms in total. The van der Waals surface area contributed by atoms with E-state index in [0.717, 1.165) is 10.5 Å². The maximum atomic E-state index is 12.2. The van der Waals surface area contributed by atoms with Crippen molar-refractivity contribution in [1.29, 1.82) is 0 Å². The van der Waals surface area contributed by atoms with Crippen LogP contribution in [0.2, 0.25) is 5.02 Å². The molecule has 0 saturated carbocycles. The van der Waals surface area contributed by atoms with Gasteiger partial charge in [-0.15, -0.1) is 0 Å². The number of amides is 4. The molecule has 0 spiro atoms. The number of nitrogens with zero attached hydrogens (tertiary/aromatic N) is 1. The molecule has 1 saturated heterocycles. The van der Waals surface area contributed by atoms with Gasteiger partial charge < -0.3 is 15.4 Å². The minimum absolute atomic E-state index is 0.393. The van der Waals surface area contributed by atoms with Crippen LogP contribution in [0.3, 0.4) is 0 Å². The van der Waals surface area contributed by atoms with Crippen LogP contribution in [0.5, 0.6) is 0 Å². The number of imide groups is 1. The highest BCUT2D eigenvalue weighted by atomic mass is 35.5. The fraction of sp³-hybridized carbons (Fsp3) is 0.412. The Kier molecular flexibility index (Phi) is 5.86. The molecule has 1 unspecified atom stereocenters. The minimum Gasteiger partial charge on any atom is -0.454 e. The summed E-state index contributed by atoms with van der Waals surface area (Å²) in [4.78, 5) is 48.5. The van der Waals surface area contributed by atoms with Gasteiger partial charge in [0, 0.05) is 10.7 Å². The van der Waals surface area contributed by atoms with Crippen molar-refractivity contribution in [1.82, 2.24) is 10.2 Å². The van der Waals surface area contributed by atoms with E-state index in [1.54, 1.807) is 32.0 Å². The van der Waals surface area contributed by atoms with E-state index < -0.39 is 42.5 Å². The first-order valence-corrected chi connectivity index (χ1v) is 8.40. The summed E-state index contributed by atoms with van der Waals surface area (Å²) in [7, 11) is 0. The highest BCUT2D eigenvalue weighted by Crippen LogP contribution is 2.21. The molecule has 0 radical (unpaired) electrons. The van der Waals surface area contributed by atoms with Crippen LogP contribution in [-0.2, 0) is 19.1 Å². The zero-order chi connectivity index (χ0) is 19.5. The third kappa shape index (κ3) is 4.32. The first kappa shape index (κ1) is 19.7. The molecule has 1 aliphatic rings. The average Bonchev–Trinajstić information content (AvgIpc) is 2.80. The molecule has 1 aliphatic heterocycles. The van der Waals surface area contributed by atoms with Crippen LogP contribution in [0.25, 0.3) is 0 Å². The number of aryl methyl sites for hydroxylation is 1. The number of hydrogen-bond acceptors (Lipinski definition) is 5. The Morgan fingerprint density at radius 3 is 2.62 bits per heavy atom. The molecule has 140 valence electrons. The van der Waals surface area contributed by atoms with Gasteiger partial charge in [-0.05, 0) is 38.0 Å². The van der Waals surface area contributed by atoms with Gasteiger partial charge in [-0.25, -0.2) is 4.79 Å². The van der Waals surface area contributed by atoms with E-state index in [-0.39, 0.29) is 0 Å². The van der Waals surface area contributed by atoms with E-state index >= 15 is 0 Å². The van der Waals surface area contributed by atoms with Crippen LogP contribution in [0, 0.1) is 6.92 Å². The summed E-state index contributed by atoms with van der Waals surface area (Å²) in [6.45, 7) is 4.07. The number of anilines is 1. The van der Waals surface area contributed by atoms with E-state index in [1.807, 2.05) is 6.92 Å². The Bertz CT molecular complexity index is 767. The summed E-state index contributed by atoms with van der Waals surface area (Å²) < 4.78 is 4.83. The fourth-order valence-electron chi connectivity index (χ4n) is 2.32. The monoisotopic (exact) mass is 381 g/mol. The topological polar surface area (TPSA) is 105 Å². The van der Waals surface area contributed by atoms with Crippen molar-refractivity contribution in [2.24, 2.45) is 0 Å². The summed E-state index contributed by atoms with van der Waals surface area (Å²) >= 11 is 5.97. The maximum absolute atomic E-state index is 12.2. The van der Waals surface area contributed by atoms with Gasteiger partial charge in [0.1, 0.15) is 12.1 Å². The second-order valence-electron chi connectivity index (χ2n) is 6.18. The summed E-state index contributed by atoms with van der Waals surface area (Å²) in [5, 5.41) is 5.57. The molecule has 0 aliphatic carbocycles. The Morgan fingerprint density at radius 2 is 2.04 bits per heavy atom. The van der Waals surface area contributed by atoms with Crippen molar-refractivity contribution >= 4 is 41.1 Å². The van der Waals surface area contributed by atoms with E-state index in [4.69, 9.17) is 16.3 Å². The van der Waals surface area contributed by atoms with Crippen molar-refractivity contribution in [2.75, 3.05) is 18.5 Å². The van der Waals surface area contributed by atoms with Crippen molar-refractivity contribution in [2.45, 2.75) is 32.7 Å². The van der Waals surface area contributed by atoms with Gasteiger partial charge in [0.05, 0.1) is 0 Å². The summed E-state index contributed by atoms with van der Waals surface area (Å²) in [5.41, 5.74) is 0.303. The van der Waals surface area contributed by atoms with Crippen LogP contribution in [0.15, 0.2) is 18.2 Å². The molecule has 26 heavy (non-hydrogen) atoms. The summed E-state index contributed by atoms with van der Waals surface area (Å²) in [6.07, 6.45) is 0.393. The first-order chi connectivity index (χ1) is 12.2. The highest BCUT2D eigenvalue weighted by Gasteiger charge is 2.47. The van der Waals surface area contributed by atoms with Gasteiger partial charge >= 0.3 is 12.0 Å². The Labute approximate surface area is 155 Å². The number of carbonyl (C=O) groups is 4. The second-order valence-corrected chi connectivity index (χ2v) is 6.59. The lowest BCUT2D eigenvalue weighted by Crippen LogP contribution is -2.43. The number of esters is 1. The van der Waals surface area contributed by atoms with Crippen LogP contribution < -0.4 is 10.6 Å². The normalized spacial score (nSPS) is 19.3. The van der Waals surface area contributed by atoms with Gasteiger partial charge in [0.15, 0.2) is 6.61 Å². The van der Waals surface area contributed by atoms with Crippen molar-refractivity contribution in [3.8, 4) is 0 Å². The van der Waals surface area contributed by atoms with Crippen LogP contribution in [0.1, 0.15) is 25.8 Å². The Hall–Kier alpha value is -2.61. The third-order valence-electron chi connectivity index (χ3n) is 4.16. The van der Waals surface area contributed by atoms with Gasteiger partial charge in [-0.3, -0.25) is 19.3 Å². The number of ether oxygens (including phenoxy) is 1. The van der Waals surface area contributed by atoms with Crippen LogP contribution in [0.4, 0.5) is 10.5 Å². The number of halogens is 1. The molecule has 9 heteroatoms.